The first-order valence-corrected chi connectivity index (χ1v) is 6.86. The van der Waals surface area contributed by atoms with E-state index in [2.05, 4.69) is 24.1 Å². The van der Waals surface area contributed by atoms with Crippen LogP contribution in [0.15, 0.2) is 0 Å². The molecule has 1 heterocycles. The van der Waals surface area contributed by atoms with Crippen molar-refractivity contribution in [2.24, 2.45) is 0 Å². The van der Waals surface area contributed by atoms with E-state index >= 15 is 0 Å². The number of rotatable bonds is 8. The second kappa shape index (κ2) is 8.97. The van der Waals surface area contributed by atoms with Gasteiger partial charge in [0.05, 0.1) is 13.2 Å². The molecule has 0 radical (unpaired) electrons. The van der Waals surface area contributed by atoms with Crippen molar-refractivity contribution < 1.29 is 4.74 Å². The quantitative estimate of drug-likeness (QED) is 0.642. The summed E-state index contributed by atoms with van der Waals surface area (Å²) >= 11 is 0. The average molecular weight is 228 g/mol. The summed E-state index contributed by atoms with van der Waals surface area (Å²) in [6.45, 7) is 11.0. The highest BCUT2D eigenvalue weighted by atomic mass is 16.5. The van der Waals surface area contributed by atoms with Gasteiger partial charge in [-0.2, -0.15) is 0 Å². The van der Waals surface area contributed by atoms with Crippen LogP contribution in [0, 0.1) is 0 Å². The molecule has 0 aromatic heterocycles. The van der Waals surface area contributed by atoms with E-state index < -0.39 is 0 Å². The minimum atomic E-state index is 0.688. The minimum Gasteiger partial charge on any atom is -0.379 e. The predicted molar refractivity (Wildman–Crippen MR) is 68.9 cm³/mol. The number of hydrogen-bond acceptors (Lipinski definition) is 3. The fourth-order valence-corrected chi connectivity index (χ4v) is 2.17. The molecule has 0 spiro atoms. The molecule has 3 heteroatoms. The van der Waals surface area contributed by atoms with Crippen molar-refractivity contribution in [2.45, 2.75) is 45.6 Å². The van der Waals surface area contributed by atoms with E-state index in [0.29, 0.717) is 6.04 Å². The molecule has 0 aliphatic carbocycles. The normalized spacial score (nSPS) is 19.9. The Morgan fingerprint density at radius 1 is 1.25 bits per heavy atom. The van der Waals surface area contributed by atoms with Gasteiger partial charge in [0.15, 0.2) is 0 Å². The molecule has 0 saturated carbocycles. The number of nitrogens with one attached hydrogen (secondary N) is 1. The lowest BCUT2D eigenvalue weighted by Gasteiger charge is -2.26. The molecule has 0 aromatic carbocycles. The van der Waals surface area contributed by atoms with Crippen LogP contribution in [0.4, 0.5) is 0 Å². The fraction of sp³-hybridized carbons (Fsp3) is 1.00. The molecular weight excluding hydrogens is 200 g/mol. The van der Waals surface area contributed by atoms with E-state index in [0.717, 1.165) is 26.3 Å². The van der Waals surface area contributed by atoms with Crippen LogP contribution in [0.3, 0.4) is 0 Å². The Hall–Kier alpha value is -0.120. The molecule has 3 nitrogen and oxygen atoms in total. The van der Waals surface area contributed by atoms with Crippen LogP contribution in [-0.2, 0) is 4.74 Å². The van der Waals surface area contributed by atoms with Gasteiger partial charge >= 0.3 is 0 Å². The van der Waals surface area contributed by atoms with Crippen LogP contribution in [0.1, 0.15) is 39.5 Å². The van der Waals surface area contributed by atoms with Crippen molar-refractivity contribution in [3.05, 3.63) is 0 Å². The van der Waals surface area contributed by atoms with Gasteiger partial charge in [-0.1, -0.05) is 13.3 Å². The van der Waals surface area contributed by atoms with Crippen LogP contribution in [0.5, 0.6) is 0 Å². The van der Waals surface area contributed by atoms with Crippen molar-refractivity contribution in [3.8, 4) is 0 Å². The van der Waals surface area contributed by atoms with E-state index in [1.807, 2.05) is 0 Å². The number of ether oxygens (including phenoxy) is 1. The Kier molecular flexibility index (Phi) is 7.81. The van der Waals surface area contributed by atoms with E-state index in [4.69, 9.17) is 4.74 Å². The summed E-state index contributed by atoms with van der Waals surface area (Å²) < 4.78 is 5.33. The molecule has 1 saturated heterocycles. The standard InChI is InChI=1S/C13H28N2O/c1-3-6-13(2)14-7-4-5-8-15-9-11-16-12-10-15/h13-14H,3-12H2,1-2H3. The van der Waals surface area contributed by atoms with Gasteiger partial charge in [-0.15, -0.1) is 0 Å². The van der Waals surface area contributed by atoms with Gasteiger partial charge < -0.3 is 10.1 Å². The third-order valence-electron chi connectivity index (χ3n) is 3.22. The average Bonchev–Trinajstić information content (AvgIpc) is 2.30. The molecule has 1 aliphatic rings. The smallest absolute Gasteiger partial charge is 0.0594 e. The summed E-state index contributed by atoms with van der Waals surface area (Å²) in [5, 5.41) is 3.58. The van der Waals surface area contributed by atoms with Crippen LogP contribution in [-0.4, -0.2) is 50.3 Å². The number of nitrogens with zero attached hydrogens (tertiary/aromatic N) is 1. The zero-order valence-electron chi connectivity index (χ0n) is 11.0. The molecule has 0 aromatic rings. The van der Waals surface area contributed by atoms with Crippen molar-refractivity contribution in [1.29, 1.82) is 0 Å². The zero-order valence-corrected chi connectivity index (χ0v) is 11.0. The van der Waals surface area contributed by atoms with Gasteiger partial charge in [0.25, 0.3) is 0 Å². The Morgan fingerprint density at radius 2 is 2.00 bits per heavy atom. The maximum Gasteiger partial charge on any atom is 0.0594 e. The molecular formula is C13H28N2O. The largest absolute Gasteiger partial charge is 0.379 e. The molecule has 1 rings (SSSR count). The maximum atomic E-state index is 5.33. The van der Waals surface area contributed by atoms with Gasteiger partial charge in [0.2, 0.25) is 0 Å². The van der Waals surface area contributed by atoms with Gasteiger partial charge in [-0.05, 0) is 39.3 Å². The lowest BCUT2D eigenvalue weighted by Crippen LogP contribution is -2.37. The fourth-order valence-electron chi connectivity index (χ4n) is 2.17. The Labute approximate surface area is 101 Å². The topological polar surface area (TPSA) is 24.5 Å². The number of morpholine rings is 1. The Balaban J connectivity index is 1.87. The SMILES string of the molecule is CCCC(C)NCCCCN1CCOCC1. The zero-order chi connectivity index (χ0) is 11.6. The maximum absolute atomic E-state index is 5.33. The van der Waals surface area contributed by atoms with Gasteiger partial charge in [0.1, 0.15) is 0 Å². The molecule has 96 valence electrons. The number of unbranched alkanes of at least 4 members (excludes halogenated alkanes) is 1. The van der Waals surface area contributed by atoms with Crippen LogP contribution in [0.25, 0.3) is 0 Å². The molecule has 0 amide bonds. The third-order valence-corrected chi connectivity index (χ3v) is 3.22. The minimum absolute atomic E-state index is 0.688. The van der Waals surface area contributed by atoms with Crippen molar-refractivity contribution >= 4 is 0 Å². The second-order valence-electron chi connectivity index (χ2n) is 4.80. The first kappa shape index (κ1) is 13.9. The van der Waals surface area contributed by atoms with Gasteiger partial charge in [-0.25, -0.2) is 0 Å². The summed E-state index contributed by atoms with van der Waals surface area (Å²) in [5.41, 5.74) is 0. The summed E-state index contributed by atoms with van der Waals surface area (Å²) in [5.74, 6) is 0. The van der Waals surface area contributed by atoms with Crippen molar-refractivity contribution in [2.75, 3.05) is 39.4 Å². The summed E-state index contributed by atoms with van der Waals surface area (Å²) in [6, 6.07) is 0.688. The molecule has 16 heavy (non-hydrogen) atoms. The van der Waals surface area contributed by atoms with Gasteiger partial charge in [-0.3, -0.25) is 4.90 Å². The highest BCUT2D eigenvalue weighted by Gasteiger charge is 2.08. The van der Waals surface area contributed by atoms with E-state index in [9.17, 15) is 0 Å². The van der Waals surface area contributed by atoms with E-state index in [1.165, 1.54) is 38.8 Å². The first-order chi connectivity index (χ1) is 7.83. The monoisotopic (exact) mass is 228 g/mol. The highest BCUT2D eigenvalue weighted by Crippen LogP contribution is 2.00. The Bertz CT molecular complexity index is 158. The molecule has 1 unspecified atom stereocenters. The van der Waals surface area contributed by atoms with Crippen LogP contribution >= 0.6 is 0 Å². The summed E-state index contributed by atoms with van der Waals surface area (Å²) in [6.07, 6.45) is 5.18. The second-order valence-corrected chi connectivity index (χ2v) is 4.80. The molecule has 1 fully saturated rings. The summed E-state index contributed by atoms with van der Waals surface area (Å²) in [4.78, 5) is 2.51. The summed E-state index contributed by atoms with van der Waals surface area (Å²) in [7, 11) is 0. The van der Waals surface area contributed by atoms with Crippen molar-refractivity contribution in [1.82, 2.24) is 10.2 Å². The molecule has 1 N–H and O–H groups in total. The predicted octanol–water partition coefficient (Wildman–Crippen LogP) is 1.88. The highest BCUT2D eigenvalue weighted by molar-refractivity contribution is 4.63. The lowest BCUT2D eigenvalue weighted by atomic mass is 10.2. The van der Waals surface area contributed by atoms with Gasteiger partial charge in [0, 0.05) is 19.1 Å². The van der Waals surface area contributed by atoms with Crippen LogP contribution < -0.4 is 5.32 Å². The first-order valence-electron chi connectivity index (χ1n) is 6.86. The van der Waals surface area contributed by atoms with E-state index in [1.54, 1.807) is 0 Å². The lowest BCUT2D eigenvalue weighted by molar-refractivity contribution is 0.0372. The molecule has 1 atom stereocenters. The third kappa shape index (κ3) is 6.46. The molecule has 1 aliphatic heterocycles. The van der Waals surface area contributed by atoms with E-state index in [-0.39, 0.29) is 0 Å². The molecule has 0 bridgehead atoms. The number of hydrogen-bond donors (Lipinski definition) is 1. The van der Waals surface area contributed by atoms with Crippen LogP contribution in [0.2, 0.25) is 0 Å². The Morgan fingerprint density at radius 3 is 2.69 bits per heavy atom. The van der Waals surface area contributed by atoms with Crippen molar-refractivity contribution in [3.63, 3.8) is 0 Å².